The highest BCUT2D eigenvalue weighted by Gasteiger charge is 2.50. The van der Waals surface area contributed by atoms with E-state index in [0.29, 0.717) is 0 Å². The third-order valence-corrected chi connectivity index (χ3v) is 6.85. The van der Waals surface area contributed by atoms with E-state index < -0.39 is 46.3 Å². The highest BCUT2D eigenvalue weighted by molar-refractivity contribution is 8.01. The van der Waals surface area contributed by atoms with Crippen LogP contribution < -0.4 is 10.6 Å². The minimum atomic E-state index is -1.05. The lowest BCUT2D eigenvalue weighted by atomic mass is 10.00. The lowest BCUT2D eigenvalue weighted by Crippen LogP contribution is -2.54. The van der Waals surface area contributed by atoms with Crippen LogP contribution in [0.4, 0.5) is 4.79 Å². The van der Waals surface area contributed by atoms with E-state index in [0.717, 1.165) is 11.1 Å². The van der Waals surface area contributed by atoms with Gasteiger partial charge in [0.2, 0.25) is 0 Å². The van der Waals surface area contributed by atoms with Gasteiger partial charge in [0, 0.05) is 4.75 Å². The molecule has 1 aliphatic rings. The summed E-state index contributed by atoms with van der Waals surface area (Å²) in [6.45, 7) is 3.76. The molecule has 3 rings (SSSR count). The summed E-state index contributed by atoms with van der Waals surface area (Å²) in [5.74, 6) is -1.11. The predicted octanol–water partition coefficient (Wildman–Crippen LogP) is 3.03. The molecule has 3 atom stereocenters. The molecule has 1 saturated heterocycles. The first-order valence-electron chi connectivity index (χ1n) is 10.4. The number of nitrogens with one attached hydrogen (secondary N) is 2. The summed E-state index contributed by atoms with van der Waals surface area (Å²) in [6.07, 6.45) is -1.36. The fourth-order valence-electron chi connectivity index (χ4n) is 3.65. The normalized spacial score (nSPS) is 20.0. The van der Waals surface area contributed by atoms with Gasteiger partial charge in [-0.3, -0.25) is 10.1 Å². The molecule has 176 valence electrons. The van der Waals surface area contributed by atoms with Gasteiger partial charge in [0.15, 0.2) is 12.1 Å². The van der Waals surface area contributed by atoms with Crippen molar-refractivity contribution < 1.29 is 28.6 Å². The highest BCUT2D eigenvalue weighted by Crippen LogP contribution is 2.40. The summed E-state index contributed by atoms with van der Waals surface area (Å²) < 4.78 is 14.8. The molecule has 33 heavy (non-hydrogen) atoms. The number of thioether (sulfide) groups is 1. The van der Waals surface area contributed by atoms with Crippen molar-refractivity contribution in [3.05, 3.63) is 71.8 Å². The van der Waals surface area contributed by atoms with Crippen molar-refractivity contribution in [2.75, 3.05) is 14.2 Å². The molecule has 1 fully saturated rings. The number of benzene rings is 2. The fourth-order valence-corrected chi connectivity index (χ4v) is 5.12. The molecule has 0 radical (unpaired) electrons. The molecule has 0 saturated carbocycles. The van der Waals surface area contributed by atoms with Gasteiger partial charge >= 0.3 is 18.0 Å². The molecule has 8 nitrogen and oxygen atoms in total. The molecule has 0 aromatic heterocycles. The SMILES string of the molecule is COC(=O)N[C@H](C(=O)OC)[C@@H]1N[C@@H](C(=O)OC(c2ccccc2)c2ccccc2)C(C)(C)S1. The lowest BCUT2D eigenvalue weighted by Gasteiger charge is -2.26. The molecule has 0 bridgehead atoms. The first-order chi connectivity index (χ1) is 15.8. The maximum absolute atomic E-state index is 13.4. The van der Waals surface area contributed by atoms with Gasteiger partial charge in [0.1, 0.15) is 6.04 Å². The summed E-state index contributed by atoms with van der Waals surface area (Å²) in [5.41, 5.74) is 1.69. The minimum absolute atomic E-state index is 0.464. The molecule has 1 aliphatic heterocycles. The van der Waals surface area contributed by atoms with E-state index in [-0.39, 0.29) is 0 Å². The number of esters is 2. The van der Waals surface area contributed by atoms with Gasteiger partial charge < -0.3 is 19.5 Å². The molecule has 2 aromatic carbocycles. The van der Waals surface area contributed by atoms with Crippen LogP contribution in [0.3, 0.4) is 0 Å². The standard InChI is InChI=1S/C24H28N2O6S/c1-24(2)19(26-20(33-24)17(21(27)30-3)25-23(29)31-4)22(28)32-18(15-11-7-5-8-12-15)16-13-9-6-10-14-16/h5-14,17-20,26H,1-4H3,(H,25,29)/t17-,19-,20+/m0/s1. The molecular weight excluding hydrogens is 444 g/mol. The van der Waals surface area contributed by atoms with E-state index in [1.54, 1.807) is 0 Å². The summed E-state index contributed by atoms with van der Waals surface area (Å²) in [7, 11) is 2.44. The first-order valence-corrected chi connectivity index (χ1v) is 11.3. The monoisotopic (exact) mass is 472 g/mol. The number of amides is 1. The number of rotatable bonds is 7. The number of methoxy groups -OCH3 is 2. The predicted molar refractivity (Wildman–Crippen MR) is 125 cm³/mol. The number of carbonyl (C=O) groups excluding carboxylic acids is 3. The summed E-state index contributed by atoms with van der Waals surface area (Å²) in [5, 5.41) is 5.00. The van der Waals surface area contributed by atoms with Crippen LogP contribution in [0.25, 0.3) is 0 Å². The maximum atomic E-state index is 13.4. The second kappa shape index (κ2) is 10.7. The largest absolute Gasteiger partial charge is 0.467 e. The van der Waals surface area contributed by atoms with E-state index in [1.807, 2.05) is 74.5 Å². The van der Waals surface area contributed by atoms with Crippen molar-refractivity contribution in [2.24, 2.45) is 0 Å². The van der Waals surface area contributed by atoms with Crippen molar-refractivity contribution in [1.82, 2.24) is 10.6 Å². The zero-order valence-electron chi connectivity index (χ0n) is 18.9. The number of hydrogen-bond donors (Lipinski definition) is 2. The molecule has 1 amide bonds. The second-order valence-electron chi connectivity index (χ2n) is 8.02. The van der Waals surface area contributed by atoms with Crippen LogP contribution >= 0.6 is 11.8 Å². The maximum Gasteiger partial charge on any atom is 0.407 e. The Morgan fingerprint density at radius 2 is 1.48 bits per heavy atom. The van der Waals surface area contributed by atoms with E-state index in [4.69, 9.17) is 9.47 Å². The quantitative estimate of drug-likeness (QED) is 0.468. The van der Waals surface area contributed by atoms with Gasteiger partial charge in [0.25, 0.3) is 0 Å². The van der Waals surface area contributed by atoms with Gasteiger partial charge in [-0.05, 0) is 25.0 Å². The fraction of sp³-hybridized carbons (Fsp3) is 0.375. The summed E-state index contributed by atoms with van der Waals surface area (Å²) >= 11 is 1.34. The van der Waals surface area contributed by atoms with Crippen molar-refractivity contribution in [1.29, 1.82) is 0 Å². The van der Waals surface area contributed by atoms with Crippen LogP contribution in [0.2, 0.25) is 0 Å². The molecule has 0 unspecified atom stereocenters. The zero-order chi connectivity index (χ0) is 24.0. The van der Waals surface area contributed by atoms with Gasteiger partial charge in [-0.15, -0.1) is 11.8 Å². The highest BCUT2D eigenvalue weighted by atomic mass is 32.2. The molecule has 0 spiro atoms. The number of carbonyl (C=O) groups is 3. The molecule has 2 N–H and O–H groups in total. The Morgan fingerprint density at radius 1 is 0.939 bits per heavy atom. The van der Waals surface area contributed by atoms with Crippen LogP contribution in [0.5, 0.6) is 0 Å². The van der Waals surface area contributed by atoms with E-state index in [1.165, 1.54) is 26.0 Å². The van der Waals surface area contributed by atoms with Crippen molar-refractivity contribution in [3.63, 3.8) is 0 Å². The van der Waals surface area contributed by atoms with Crippen molar-refractivity contribution >= 4 is 29.8 Å². The van der Waals surface area contributed by atoms with Gasteiger partial charge in [-0.25, -0.2) is 9.59 Å². The van der Waals surface area contributed by atoms with Gasteiger partial charge in [-0.2, -0.15) is 0 Å². The van der Waals surface area contributed by atoms with E-state index in [2.05, 4.69) is 15.4 Å². The smallest absolute Gasteiger partial charge is 0.407 e. The van der Waals surface area contributed by atoms with Gasteiger partial charge in [0.05, 0.1) is 19.6 Å². The molecule has 9 heteroatoms. The van der Waals surface area contributed by atoms with Gasteiger partial charge in [-0.1, -0.05) is 60.7 Å². The van der Waals surface area contributed by atoms with Crippen LogP contribution in [0.1, 0.15) is 31.1 Å². The molecule has 2 aromatic rings. The third kappa shape index (κ3) is 5.85. The van der Waals surface area contributed by atoms with E-state index in [9.17, 15) is 14.4 Å². The Labute approximate surface area is 197 Å². The van der Waals surface area contributed by atoms with Crippen molar-refractivity contribution in [3.8, 4) is 0 Å². The second-order valence-corrected chi connectivity index (χ2v) is 9.81. The number of ether oxygens (including phenoxy) is 3. The summed E-state index contributed by atoms with van der Waals surface area (Å²) in [4.78, 5) is 37.5. The van der Waals surface area contributed by atoms with Crippen LogP contribution in [0.15, 0.2) is 60.7 Å². The summed E-state index contributed by atoms with van der Waals surface area (Å²) in [6, 6.07) is 17.2. The average Bonchev–Trinajstić information content (AvgIpc) is 3.16. The number of hydrogen-bond acceptors (Lipinski definition) is 8. The number of alkyl carbamates (subject to hydrolysis) is 1. The third-order valence-electron chi connectivity index (χ3n) is 5.35. The Hall–Kier alpha value is -3.04. The van der Waals surface area contributed by atoms with Crippen LogP contribution in [-0.4, -0.2) is 54.5 Å². The lowest BCUT2D eigenvalue weighted by molar-refractivity contribution is -0.151. The zero-order valence-corrected chi connectivity index (χ0v) is 19.8. The topological polar surface area (TPSA) is 103 Å². The Kier molecular flexibility index (Phi) is 7.99. The first kappa shape index (κ1) is 24.6. The minimum Gasteiger partial charge on any atom is -0.467 e. The average molecular weight is 473 g/mol. The van der Waals surface area contributed by atoms with Crippen LogP contribution in [-0.2, 0) is 23.8 Å². The van der Waals surface area contributed by atoms with Crippen molar-refractivity contribution in [2.45, 2.75) is 42.2 Å². The molecule has 0 aliphatic carbocycles. The van der Waals surface area contributed by atoms with Crippen LogP contribution in [0, 0.1) is 0 Å². The molecule has 1 heterocycles. The Morgan fingerprint density at radius 3 is 1.97 bits per heavy atom. The Balaban J connectivity index is 1.83. The van der Waals surface area contributed by atoms with E-state index >= 15 is 0 Å². The molecular formula is C24H28N2O6S. The Bertz CT molecular complexity index is 930.